The fraction of sp³-hybridized carbons (Fsp3) is 0.0833. The van der Waals surface area contributed by atoms with Gasteiger partial charge in [0.1, 0.15) is 5.69 Å². The fourth-order valence-electron chi connectivity index (χ4n) is 1.89. The zero-order valence-electron chi connectivity index (χ0n) is 9.36. The number of amides is 2. The number of fused-ring (bicyclic) bond motifs is 1. The zero-order valence-corrected chi connectivity index (χ0v) is 9.36. The maximum Gasteiger partial charge on any atom is 0.273 e. The molecule has 1 aliphatic rings. The topological polar surface area (TPSA) is 86.9 Å². The summed E-state index contributed by atoms with van der Waals surface area (Å²) in [5, 5.41) is 5.48. The minimum absolute atomic E-state index is 0.0259. The Morgan fingerprint density at radius 1 is 1.39 bits per heavy atom. The Hall–Kier alpha value is -2.63. The van der Waals surface area contributed by atoms with Crippen molar-refractivity contribution in [2.24, 2.45) is 0 Å². The molecule has 0 saturated heterocycles. The van der Waals surface area contributed by atoms with Crippen LogP contribution in [0.3, 0.4) is 0 Å². The second-order valence-corrected chi connectivity index (χ2v) is 4.02. The first-order chi connectivity index (χ1) is 8.72. The van der Waals surface area contributed by atoms with E-state index in [0.717, 1.165) is 11.3 Å². The van der Waals surface area contributed by atoms with Crippen molar-refractivity contribution >= 4 is 23.2 Å². The molecule has 6 heteroatoms. The van der Waals surface area contributed by atoms with Crippen molar-refractivity contribution in [2.75, 3.05) is 10.6 Å². The molecule has 3 N–H and O–H groups in total. The largest absolute Gasteiger partial charge is 0.341 e. The van der Waals surface area contributed by atoms with Crippen LogP contribution in [0.25, 0.3) is 0 Å². The highest BCUT2D eigenvalue weighted by Crippen LogP contribution is 2.26. The molecule has 0 spiro atoms. The molecular formula is C12H10N4O2. The molecule has 0 bridgehead atoms. The molecule has 1 aromatic carbocycles. The average Bonchev–Trinajstić information content (AvgIpc) is 2.95. The summed E-state index contributed by atoms with van der Waals surface area (Å²) >= 11 is 0. The molecule has 1 aliphatic heterocycles. The lowest BCUT2D eigenvalue weighted by Crippen LogP contribution is -2.12. The van der Waals surface area contributed by atoms with Crippen LogP contribution in [-0.2, 0) is 11.2 Å². The van der Waals surface area contributed by atoms with Crippen LogP contribution < -0.4 is 10.6 Å². The van der Waals surface area contributed by atoms with Gasteiger partial charge in [0.25, 0.3) is 5.91 Å². The number of hydrogen-bond donors (Lipinski definition) is 3. The smallest absolute Gasteiger partial charge is 0.273 e. The van der Waals surface area contributed by atoms with Gasteiger partial charge in [-0.15, -0.1) is 0 Å². The van der Waals surface area contributed by atoms with Gasteiger partial charge in [0.2, 0.25) is 5.91 Å². The molecule has 18 heavy (non-hydrogen) atoms. The average molecular weight is 242 g/mol. The number of carbonyl (C=O) groups is 2. The van der Waals surface area contributed by atoms with Crippen LogP contribution in [-0.4, -0.2) is 21.8 Å². The first kappa shape index (κ1) is 10.5. The first-order valence-corrected chi connectivity index (χ1v) is 5.45. The highest BCUT2D eigenvalue weighted by molar-refractivity contribution is 6.04. The van der Waals surface area contributed by atoms with Gasteiger partial charge in [-0.3, -0.25) is 9.59 Å². The maximum absolute atomic E-state index is 11.8. The van der Waals surface area contributed by atoms with Gasteiger partial charge in [0, 0.05) is 11.4 Å². The van der Waals surface area contributed by atoms with Crippen LogP contribution in [0.2, 0.25) is 0 Å². The molecule has 6 nitrogen and oxygen atoms in total. The first-order valence-electron chi connectivity index (χ1n) is 5.45. The summed E-state index contributed by atoms with van der Waals surface area (Å²) in [6.07, 6.45) is 3.25. The standard InChI is InChI=1S/C12H10N4O2/c17-11-4-7-3-8(1-2-9(7)16-11)15-12(18)10-5-13-6-14-10/h1-3,5-6H,4H2,(H,13,14)(H,15,18)(H,16,17). The van der Waals surface area contributed by atoms with Gasteiger partial charge in [0.15, 0.2) is 0 Å². The molecule has 90 valence electrons. The molecule has 3 rings (SSSR count). The quantitative estimate of drug-likeness (QED) is 0.738. The molecule has 0 aliphatic carbocycles. The summed E-state index contributed by atoms with van der Waals surface area (Å²) in [7, 11) is 0. The van der Waals surface area contributed by atoms with Gasteiger partial charge in [-0.05, 0) is 23.8 Å². The fourth-order valence-corrected chi connectivity index (χ4v) is 1.89. The third-order valence-corrected chi connectivity index (χ3v) is 2.73. The summed E-state index contributed by atoms with van der Waals surface area (Å²) in [5.74, 6) is -0.285. The van der Waals surface area contributed by atoms with Gasteiger partial charge >= 0.3 is 0 Å². The Morgan fingerprint density at radius 2 is 2.28 bits per heavy atom. The summed E-state index contributed by atoms with van der Waals surface area (Å²) in [6, 6.07) is 5.32. The van der Waals surface area contributed by atoms with Crippen molar-refractivity contribution in [3.8, 4) is 0 Å². The van der Waals surface area contributed by atoms with Crippen molar-refractivity contribution in [1.82, 2.24) is 9.97 Å². The highest BCUT2D eigenvalue weighted by atomic mass is 16.2. The number of H-pyrrole nitrogens is 1. The molecular weight excluding hydrogens is 232 g/mol. The second kappa shape index (κ2) is 3.99. The molecule has 0 unspecified atom stereocenters. The molecule has 0 fully saturated rings. The minimum atomic E-state index is -0.260. The lowest BCUT2D eigenvalue weighted by atomic mass is 10.1. The Bertz CT molecular complexity index is 619. The molecule has 0 saturated carbocycles. The maximum atomic E-state index is 11.8. The Balaban J connectivity index is 1.80. The Morgan fingerprint density at radius 3 is 3.06 bits per heavy atom. The molecule has 0 atom stereocenters. The van der Waals surface area contributed by atoms with Crippen molar-refractivity contribution in [3.63, 3.8) is 0 Å². The van der Waals surface area contributed by atoms with Crippen LogP contribution in [0.4, 0.5) is 11.4 Å². The van der Waals surface area contributed by atoms with E-state index in [9.17, 15) is 9.59 Å². The third-order valence-electron chi connectivity index (χ3n) is 2.73. The summed E-state index contributed by atoms with van der Waals surface area (Å²) in [5.41, 5.74) is 2.75. The number of anilines is 2. The molecule has 2 aromatic rings. The number of carbonyl (C=O) groups excluding carboxylic acids is 2. The molecule has 1 aromatic heterocycles. The summed E-state index contributed by atoms with van der Waals surface area (Å²) in [4.78, 5) is 29.5. The van der Waals surface area contributed by atoms with E-state index in [4.69, 9.17) is 0 Å². The Labute approximate surface area is 102 Å². The molecule has 0 radical (unpaired) electrons. The van der Waals surface area contributed by atoms with Crippen molar-refractivity contribution in [1.29, 1.82) is 0 Å². The number of nitrogens with zero attached hydrogens (tertiary/aromatic N) is 1. The summed E-state index contributed by atoms with van der Waals surface area (Å²) < 4.78 is 0. The van der Waals surface area contributed by atoms with E-state index < -0.39 is 0 Å². The number of benzene rings is 1. The number of nitrogens with one attached hydrogen (secondary N) is 3. The van der Waals surface area contributed by atoms with Crippen LogP contribution >= 0.6 is 0 Å². The monoisotopic (exact) mass is 242 g/mol. The normalized spacial score (nSPS) is 13.0. The zero-order chi connectivity index (χ0) is 12.5. The van der Waals surface area contributed by atoms with E-state index in [1.807, 2.05) is 0 Å². The highest BCUT2D eigenvalue weighted by Gasteiger charge is 2.18. The van der Waals surface area contributed by atoms with Crippen LogP contribution in [0.1, 0.15) is 16.1 Å². The van der Waals surface area contributed by atoms with E-state index in [1.54, 1.807) is 18.2 Å². The number of imidazole rings is 1. The Kier molecular flexibility index (Phi) is 2.33. The van der Waals surface area contributed by atoms with E-state index in [1.165, 1.54) is 12.5 Å². The lowest BCUT2D eigenvalue weighted by Gasteiger charge is -2.05. The van der Waals surface area contributed by atoms with Crippen LogP contribution in [0, 0.1) is 0 Å². The van der Waals surface area contributed by atoms with Gasteiger partial charge in [-0.25, -0.2) is 4.98 Å². The SMILES string of the molecule is O=C1Cc2cc(NC(=O)c3cnc[nH]3)ccc2N1. The number of hydrogen-bond acceptors (Lipinski definition) is 3. The van der Waals surface area contributed by atoms with Crippen LogP contribution in [0.15, 0.2) is 30.7 Å². The number of rotatable bonds is 2. The minimum Gasteiger partial charge on any atom is -0.341 e. The van der Waals surface area contributed by atoms with Gasteiger partial charge in [0.05, 0.1) is 18.9 Å². The van der Waals surface area contributed by atoms with E-state index in [-0.39, 0.29) is 11.8 Å². The third kappa shape index (κ3) is 1.84. The van der Waals surface area contributed by atoms with Crippen molar-refractivity contribution in [3.05, 3.63) is 42.0 Å². The van der Waals surface area contributed by atoms with Gasteiger partial charge in [-0.2, -0.15) is 0 Å². The predicted molar refractivity (Wildman–Crippen MR) is 65.3 cm³/mol. The van der Waals surface area contributed by atoms with Crippen LogP contribution in [0.5, 0.6) is 0 Å². The van der Waals surface area contributed by atoms with Gasteiger partial charge in [-0.1, -0.05) is 0 Å². The molecule has 2 amide bonds. The van der Waals surface area contributed by atoms with E-state index in [0.29, 0.717) is 17.8 Å². The van der Waals surface area contributed by atoms with E-state index in [2.05, 4.69) is 20.6 Å². The molecule has 2 heterocycles. The summed E-state index contributed by atoms with van der Waals surface area (Å²) in [6.45, 7) is 0. The van der Waals surface area contributed by atoms with Crippen molar-refractivity contribution < 1.29 is 9.59 Å². The lowest BCUT2D eigenvalue weighted by molar-refractivity contribution is -0.115. The van der Waals surface area contributed by atoms with Gasteiger partial charge < -0.3 is 15.6 Å². The number of aromatic nitrogens is 2. The second-order valence-electron chi connectivity index (χ2n) is 4.02. The van der Waals surface area contributed by atoms with Crippen molar-refractivity contribution in [2.45, 2.75) is 6.42 Å². The number of aromatic amines is 1. The predicted octanol–water partition coefficient (Wildman–Crippen LogP) is 1.16. The van der Waals surface area contributed by atoms with E-state index >= 15 is 0 Å².